The lowest BCUT2D eigenvalue weighted by Crippen LogP contribution is -2.53. The highest BCUT2D eigenvalue weighted by molar-refractivity contribution is 5.91. The summed E-state index contributed by atoms with van der Waals surface area (Å²) in [6.45, 7) is 7.80. The van der Waals surface area contributed by atoms with E-state index in [0.29, 0.717) is 86.4 Å². The van der Waals surface area contributed by atoms with Crippen LogP contribution in [0.5, 0.6) is 0 Å². The predicted octanol–water partition coefficient (Wildman–Crippen LogP) is 6.00. The van der Waals surface area contributed by atoms with Crippen molar-refractivity contribution in [1.29, 1.82) is 0 Å². The molecule has 12 nitrogen and oxygen atoms in total. The smallest absolute Gasteiger partial charge is 0.418 e. The molecule has 5 heterocycles. The first-order chi connectivity index (χ1) is 24.4. The summed E-state index contributed by atoms with van der Waals surface area (Å²) in [4.78, 5) is 44.0. The minimum atomic E-state index is -4.53. The molecule has 0 radical (unpaired) electrons. The number of hydrogen-bond donors (Lipinski definition) is 2. The van der Waals surface area contributed by atoms with Crippen molar-refractivity contribution in [1.82, 2.24) is 34.8 Å². The van der Waals surface area contributed by atoms with Crippen LogP contribution in [0.3, 0.4) is 0 Å². The van der Waals surface area contributed by atoms with E-state index in [-0.39, 0.29) is 35.2 Å². The lowest BCUT2D eigenvalue weighted by molar-refractivity contribution is -0.139. The number of carboxylic acid groups (broad SMARTS) is 1. The zero-order valence-electron chi connectivity index (χ0n) is 29.2. The molecule has 3 fully saturated rings. The zero-order valence-corrected chi connectivity index (χ0v) is 29.2. The number of anilines is 2. The quantitative estimate of drug-likeness (QED) is 0.179. The summed E-state index contributed by atoms with van der Waals surface area (Å²) >= 11 is 0. The highest BCUT2D eigenvalue weighted by Gasteiger charge is 2.40. The van der Waals surface area contributed by atoms with E-state index in [9.17, 15) is 23.1 Å². The van der Waals surface area contributed by atoms with Gasteiger partial charge in [-0.15, -0.1) is 0 Å². The number of piperazine rings is 1. The second-order valence-corrected chi connectivity index (χ2v) is 14.4. The van der Waals surface area contributed by atoms with Gasteiger partial charge >= 0.3 is 12.1 Å². The Bertz CT molecular complexity index is 1870. The SMILES string of the molecule is CCOCC1(CN(C)c2cc(-c3cnc(C4CC4)c(C(F)(F)F)c3)nc3nc(-c4cnc(N5CCN(CC(=O)O)C[C@H]5C)cn4)[nH]c23)CCCC1. The third-order valence-electron chi connectivity index (χ3n) is 10.4. The average Bonchev–Trinajstić information content (AvgIpc) is 3.69. The molecule has 4 aromatic rings. The summed E-state index contributed by atoms with van der Waals surface area (Å²) in [6.07, 6.45) is 6.00. The van der Waals surface area contributed by atoms with E-state index in [1.54, 1.807) is 12.4 Å². The van der Waals surface area contributed by atoms with Crippen molar-refractivity contribution in [3.63, 3.8) is 0 Å². The van der Waals surface area contributed by atoms with Gasteiger partial charge in [0.05, 0.1) is 48.2 Å². The normalized spacial score (nSPS) is 19.6. The minimum absolute atomic E-state index is 0.00105. The summed E-state index contributed by atoms with van der Waals surface area (Å²) in [5.74, 6) is 0.106. The number of fused-ring (bicyclic) bond motifs is 1. The number of ether oxygens (including phenoxy) is 1. The Morgan fingerprint density at radius 2 is 1.86 bits per heavy atom. The van der Waals surface area contributed by atoms with Gasteiger partial charge in [0.15, 0.2) is 11.5 Å². The second-order valence-electron chi connectivity index (χ2n) is 14.4. The number of aromatic amines is 1. The summed E-state index contributed by atoms with van der Waals surface area (Å²) in [6, 6.07) is 3.04. The van der Waals surface area contributed by atoms with Crippen LogP contribution in [0.15, 0.2) is 30.7 Å². The molecule has 1 saturated heterocycles. The maximum absolute atomic E-state index is 14.2. The Labute approximate surface area is 294 Å². The van der Waals surface area contributed by atoms with Crippen LogP contribution >= 0.6 is 0 Å². The lowest BCUT2D eigenvalue weighted by atomic mass is 9.86. The van der Waals surface area contributed by atoms with Crippen molar-refractivity contribution >= 4 is 28.6 Å². The van der Waals surface area contributed by atoms with Crippen LogP contribution in [0.1, 0.15) is 69.5 Å². The van der Waals surface area contributed by atoms with Gasteiger partial charge < -0.3 is 24.6 Å². The highest BCUT2D eigenvalue weighted by atomic mass is 19.4. The summed E-state index contributed by atoms with van der Waals surface area (Å²) in [7, 11) is 1.99. The molecule has 3 aliphatic rings. The van der Waals surface area contributed by atoms with E-state index in [1.807, 2.05) is 31.9 Å². The first-order valence-corrected chi connectivity index (χ1v) is 17.7. The molecule has 0 amide bonds. The fourth-order valence-electron chi connectivity index (χ4n) is 7.75. The van der Waals surface area contributed by atoms with Crippen LogP contribution in [0.2, 0.25) is 0 Å². The maximum atomic E-state index is 14.2. The number of carboxylic acids is 1. The molecule has 7 rings (SSSR count). The molecule has 15 heteroatoms. The molecule has 0 aromatic carbocycles. The van der Waals surface area contributed by atoms with Crippen molar-refractivity contribution < 1.29 is 27.8 Å². The molecular formula is C36H44F3N9O3. The summed E-state index contributed by atoms with van der Waals surface area (Å²) in [5, 5.41) is 9.18. The molecule has 0 spiro atoms. The van der Waals surface area contributed by atoms with Gasteiger partial charge in [-0.2, -0.15) is 13.2 Å². The number of imidazole rings is 1. The number of pyridine rings is 2. The van der Waals surface area contributed by atoms with Crippen molar-refractivity contribution in [2.45, 2.75) is 70.5 Å². The monoisotopic (exact) mass is 707 g/mol. The van der Waals surface area contributed by atoms with Crippen molar-refractivity contribution in [3.05, 3.63) is 42.0 Å². The number of rotatable bonds is 12. The van der Waals surface area contributed by atoms with Crippen molar-refractivity contribution in [2.75, 3.05) is 62.8 Å². The fourth-order valence-corrected chi connectivity index (χ4v) is 7.75. The van der Waals surface area contributed by atoms with Gasteiger partial charge in [0, 0.05) is 69.0 Å². The topological polar surface area (TPSA) is 136 Å². The van der Waals surface area contributed by atoms with Crippen molar-refractivity contribution in [2.24, 2.45) is 5.41 Å². The number of halogens is 3. The number of H-pyrrole nitrogens is 1. The molecule has 2 saturated carbocycles. The van der Waals surface area contributed by atoms with Crippen LogP contribution in [-0.4, -0.2) is 105 Å². The van der Waals surface area contributed by atoms with Gasteiger partial charge in [-0.05, 0) is 51.7 Å². The van der Waals surface area contributed by atoms with Crippen LogP contribution in [0.4, 0.5) is 24.7 Å². The largest absolute Gasteiger partial charge is 0.480 e. The van der Waals surface area contributed by atoms with Crippen molar-refractivity contribution in [3.8, 4) is 22.8 Å². The molecule has 2 aliphatic carbocycles. The number of nitrogens with zero attached hydrogens (tertiary/aromatic N) is 8. The van der Waals surface area contributed by atoms with E-state index in [2.05, 4.69) is 29.7 Å². The Kier molecular flexibility index (Phi) is 9.61. The average molecular weight is 708 g/mol. The third kappa shape index (κ3) is 7.50. The Balaban J connectivity index is 1.24. The number of aromatic nitrogens is 6. The lowest BCUT2D eigenvalue weighted by Gasteiger charge is -2.39. The first-order valence-electron chi connectivity index (χ1n) is 17.7. The van der Waals surface area contributed by atoms with Gasteiger partial charge in [0.25, 0.3) is 0 Å². The molecule has 272 valence electrons. The molecular weight excluding hydrogens is 663 g/mol. The zero-order chi connectivity index (χ0) is 35.9. The summed E-state index contributed by atoms with van der Waals surface area (Å²) in [5.41, 5.74) is 2.22. The Morgan fingerprint density at radius 3 is 2.51 bits per heavy atom. The van der Waals surface area contributed by atoms with Crippen LogP contribution in [-0.2, 0) is 15.7 Å². The van der Waals surface area contributed by atoms with E-state index in [4.69, 9.17) is 14.7 Å². The molecule has 0 unspecified atom stereocenters. The fraction of sp³-hybridized carbons (Fsp3) is 0.556. The molecule has 2 N–H and O–H groups in total. The molecule has 4 aromatic heterocycles. The predicted molar refractivity (Wildman–Crippen MR) is 187 cm³/mol. The molecule has 0 bridgehead atoms. The van der Waals surface area contributed by atoms with E-state index in [1.165, 1.54) is 12.3 Å². The number of alkyl halides is 3. The summed E-state index contributed by atoms with van der Waals surface area (Å²) < 4.78 is 48.7. The van der Waals surface area contributed by atoms with Gasteiger partial charge in [-0.1, -0.05) is 12.8 Å². The number of aliphatic carboxylic acids is 1. The molecule has 51 heavy (non-hydrogen) atoms. The van der Waals surface area contributed by atoms with Gasteiger partial charge in [-0.25, -0.2) is 19.9 Å². The molecule has 1 atom stereocenters. The number of nitrogens with one attached hydrogen (secondary N) is 1. The van der Waals surface area contributed by atoms with Gasteiger partial charge in [0.2, 0.25) is 0 Å². The standard InChI is InChI=1S/C36H44F3N9O3/c1-4-51-21-35(9-5-6-10-35)20-46(3)28-14-26(24-13-25(36(37,38)39)31(42-15-24)23-7-8-23)43-34-32(28)44-33(45-34)27-16-41-29(17-40-27)48-12-11-47(18-22(48)2)19-30(49)50/h13-17,22-23H,4-12,18-21H2,1-3H3,(H,49,50)(H,43,44,45)/t22-/m1/s1. The second kappa shape index (κ2) is 14.0. The Hall–Kier alpha value is -4.37. The van der Waals surface area contributed by atoms with Gasteiger partial charge in [0.1, 0.15) is 17.0 Å². The Morgan fingerprint density at radius 1 is 1.08 bits per heavy atom. The maximum Gasteiger partial charge on any atom is 0.418 e. The first kappa shape index (κ1) is 35.1. The van der Waals surface area contributed by atoms with E-state index >= 15 is 0 Å². The van der Waals surface area contributed by atoms with Crippen LogP contribution in [0.25, 0.3) is 33.9 Å². The van der Waals surface area contributed by atoms with Gasteiger partial charge in [-0.3, -0.25) is 14.7 Å². The van der Waals surface area contributed by atoms with E-state index < -0.39 is 17.7 Å². The highest BCUT2D eigenvalue weighted by Crippen LogP contribution is 2.46. The van der Waals surface area contributed by atoms with Crippen LogP contribution < -0.4 is 9.80 Å². The minimum Gasteiger partial charge on any atom is -0.480 e. The van der Waals surface area contributed by atoms with E-state index in [0.717, 1.165) is 31.4 Å². The number of carbonyl (C=O) groups is 1. The number of hydrogen-bond acceptors (Lipinski definition) is 10. The van der Waals surface area contributed by atoms with Crippen LogP contribution in [0, 0.1) is 5.41 Å². The molecule has 1 aliphatic heterocycles. The third-order valence-corrected chi connectivity index (χ3v) is 10.4.